The molecule has 3 nitrogen and oxygen atoms in total. The van der Waals surface area contributed by atoms with Crippen molar-refractivity contribution in [2.75, 3.05) is 13.1 Å². The molecule has 0 saturated carbocycles. The molecule has 0 fully saturated rings. The summed E-state index contributed by atoms with van der Waals surface area (Å²) in [6.45, 7) is 5.73. The number of aliphatic carboxylic acids is 1. The summed E-state index contributed by atoms with van der Waals surface area (Å²) in [5, 5.41) is 11.9. The van der Waals surface area contributed by atoms with Crippen molar-refractivity contribution in [3.05, 3.63) is 35.4 Å². The van der Waals surface area contributed by atoms with E-state index in [1.54, 1.807) is 0 Å². The summed E-state index contributed by atoms with van der Waals surface area (Å²) in [6.07, 6.45) is 1.23. The fourth-order valence-corrected chi connectivity index (χ4v) is 1.83. The molecule has 0 aliphatic heterocycles. The molecular weight excluding hydrogens is 214 g/mol. The average molecular weight is 235 g/mol. The second-order valence-corrected chi connectivity index (χ2v) is 4.58. The highest BCUT2D eigenvalue weighted by atomic mass is 16.4. The number of hydrogen-bond donors (Lipinski definition) is 2. The van der Waals surface area contributed by atoms with Crippen LogP contribution < -0.4 is 5.32 Å². The van der Waals surface area contributed by atoms with E-state index in [1.165, 1.54) is 11.1 Å². The Labute approximate surface area is 103 Å². The summed E-state index contributed by atoms with van der Waals surface area (Å²) in [4.78, 5) is 10.5. The zero-order valence-electron chi connectivity index (χ0n) is 10.6. The molecule has 0 radical (unpaired) electrons. The minimum absolute atomic E-state index is 0.185. The normalized spacial score (nSPS) is 12.4. The van der Waals surface area contributed by atoms with Gasteiger partial charge in [0.05, 0.1) is 0 Å². The summed E-state index contributed by atoms with van der Waals surface area (Å²) >= 11 is 0. The molecule has 1 aromatic rings. The van der Waals surface area contributed by atoms with Gasteiger partial charge in [0.15, 0.2) is 0 Å². The molecule has 17 heavy (non-hydrogen) atoms. The number of aryl methyl sites for hydroxylation is 1. The Kier molecular flexibility index (Phi) is 5.70. The first-order chi connectivity index (χ1) is 8.09. The number of carboxylic acid groups (broad SMARTS) is 1. The number of nitrogens with one attached hydrogen (secondary N) is 1. The summed E-state index contributed by atoms with van der Waals surface area (Å²) < 4.78 is 0. The zero-order chi connectivity index (χ0) is 12.7. The third-order valence-corrected chi connectivity index (χ3v) is 2.85. The molecule has 0 saturated heterocycles. The largest absolute Gasteiger partial charge is 0.481 e. The maximum Gasteiger partial charge on any atom is 0.303 e. The highest BCUT2D eigenvalue weighted by Gasteiger charge is 2.06. The van der Waals surface area contributed by atoms with Gasteiger partial charge in [0.1, 0.15) is 0 Å². The number of hydrogen-bond acceptors (Lipinski definition) is 2. The van der Waals surface area contributed by atoms with Crippen LogP contribution in [0, 0.1) is 12.8 Å². The first kappa shape index (κ1) is 13.7. The van der Waals surface area contributed by atoms with Crippen molar-refractivity contribution in [3.8, 4) is 0 Å². The lowest BCUT2D eigenvalue weighted by Crippen LogP contribution is -2.25. The predicted molar refractivity (Wildman–Crippen MR) is 69.2 cm³/mol. The molecule has 1 unspecified atom stereocenters. The van der Waals surface area contributed by atoms with Gasteiger partial charge in [-0.1, -0.05) is 31.2 Å². The minimum Gasteiger partial charge on any atom is -0.481 e. The fraction of sp³-hybridized carbons (Fsp3) is 0.500. The second kappa shape index (κ2) is 7.07. The van der Waals surface area contributed by atoms with Gasteiger partial charge in [-0.05, 0) is 43.5 Å². The molecular formula is C14H21NO2. The van der Waals surface area contributed by atoms with Gasteiger partial charge >= 0.3 is 5.97 Å². The first-order valence-electron chi connectivity index (χ1n) is 6.06. The third kappa shape index (κ3) is 5.50. The number of carbonyl (C=O) groups is 1. The van der Waals surface area contributed by atoms with Crippen LogP contribution in [0.25, 0.3) is 0 Å². The molecule has 2 N–H and O–H groups in total. The third-order valence-electron chi connectivity index (χ3n) is 2.85. The maximum absolute atomic E-state index is 10.5. The van der Waals surface area contributed by atoms with Crippen LogP contribution in [-0.4, -0.2) is 24.2 Å². The Hall–Kier alpha value is -1.35. The maximum atomic E-state index is 10.5. The zero-order valence-corrected chi connectivity index (χ0v) is 10.6. The molecule has 3 heteroatoms. The van der Waals surface area contributed by atoms with Crippen LogP contribution in [0.5, 0.6) is 0 Å². The SMILES string of the molecule is Cc1ccccc1CCNCC(C)CC(=O)O. The molecule has 1 aromatic carbocycles. The van der Waals surface area contributed by atoms with Gasteiger partial charge in [-0.25, -0.2) is 0 Å². The molecule has 1 rings (SSSR count). The van der Waals surface area contributed by atoms with Crippen molar-refractivity contribution in [3.63, 3.8) is 0 Å². The minimum atomic E-state index is -0.724. The van der Waals surface area contributed by atoms with Crippen molar-refractivity contribution in [1.82, 2.24) is 5.32 Å². The Balaban J connectivity index is 2.20. The Bertz CT molecular complexity index is 363. The van der Waals surface area contributed by atoms with Crippen LogP contribution in [0.3, 0.4) is 0 Å². The van der Waals surface area contributed by atoms with E-state index in [0.717, 1.165) is 19.5 Å². The highest BCUT2D eigenvalue weighted by molar-refractivity contribution is 5.66. The molecule has 0 heterocycles. The van der Waals surface area contributed by atoms with Crippen LogP contribution in [0.15, 0.2) is 24.3 Å². The lowest BCUT2D eigenvalue weighted by Gasteiger charge is -2.11. The smallest absolute Gasteiger partial charge is 0.303 e. The predicted octanol–water partition coefficient (Wildman–Crippen LogP) is 2.24. The van der Waals surface area contributed by atoms with Gasteiger partial charge in [0.25, 0.3) is 0 Å². The molecule has 0 spiro atoms. The van der Waals surface area contributed by atoms with Crippen LogP contribution in [0.1, 0.15) is 24.5 Å². The van der Waals surface area contributed by atoms with Crippen molar-refractivity contribution < 1.29 is 9.90 Å². The van der Waals surface area contributed by atoms with E-state index in [0.29, 0.717) is 0 Å². The van der Waals surface area contributed by atoms with E-state index in [4.69, 9.17) is 5.11 Å². The van der Waals surface area contributed by atoms with Crippen molar-refractivity contribution in [1.29, 1.82) is 0 Å². The van der Waals surface area contributed by atoms with E-state index in [2.05, 4.69) is 30.4 Å². The molecule has 1 atom stereocenters. The molecule has 0 aliphatic rings. The summed E-state index contributed by atoms with van der Waals surface area (Å²) in [5.41, 5.74) is 2.67. The van der Waals surface area contributed by atoms with Gasteiger partial charge in [-0.15, -0.1) is 0 Å². The first-order valence-corrected chi connectivity index (χ1v) is 6.06. The van der Waals surface area contributed by atoms with E-state index in [9.17, 15) is 4.79 Å². The van der Waals surface area contributed by atoms with Crippen LogP contribution in [0.4, 0.5) is 0 Å². The Morgan fingerprint density at radius 1 is 1.41 bits per heavy atom. The van der Waals surface area contributed by atoms with E-state index in [-0.39, 0.29) is 12.3 Å². The summed E-state index contributed by atoms with van der Waals surface area (Å²) in [5.74, 6) is -0.539. The van der Waals surface area contributed by atoms with E-state index < -0.39 is 5.97 Å². The second-order valence-electron chi connectivity index (χ2n) is 4.58. The molecule has 0 aromatic heterocycles. The standard InChI is InChI=1S/C14H21NO2/c1-11(9-14(16)17)10-15-8-7-13-6-4-3-5-12(13)2/h3-6,11,15H,7-10H2,1-2H3,(H,16,17). The number of rotatable bonds is 7. The van der Waals surface area contributed by atoms with Crippen LogP contribution >= 0.6 is 0 Å². The molecule has 0 aliphatic carbocycles. The summed E-state index contributed by atoms with van der Waals surface area (Å²) in [7, 11) is 0. The van der Waals surface area contributed by atoms with Crippen molar-refractivity contribution in [2.45, 2.75) is 26.7 Å². The van der Waals surface area contributed by atoms with Gasteiger partial charge in [-0.2, -0.15) is 0 Å². The highest BCUT2D eigenvalue weighted by Crippen LogP contribution is 2.07. The monoisotopic (exact) mass is 235 g/mol. The van der Waals surface area contributed by atoms with E-state index in [1.807, 2.05) is 13.0 Å². The van der Waals surface area contributed by atoms with Gasteiger partial charge in [0.2, 0.25) is 0 Å². The van der Waals surface area contributed by atoms with Gasteiger partial charge in [0, 0.05) is 6.42 Å². The van der Waals surface area contributed by atoms with Crippen molar-refractivity contribution in [2.24, 2.45) is 5.92 Å². The average Bonchev–Trinajstić information content (AvgIpc) is 2.25. The lowest BCUT2D eigenvalue weighted by atomic mass is 10.1. The van der Waals surface area contributed by atoms with Crippen molar-refractivity contribution >= 4 is 5.97 Å². The molecule has 0 bridgehead atoms. The van der Waals surface area contributed by atoms with Crippen LogP contribution in [-0.2, 0) is 11.2 Å². The fourth-order valence-electron chi connectivity index (χ4n) is 1.83. The topological polar surface area (TPSA) is 49.3 Å². The molecule has 94 valence electrons. The quantitative estimate of drug-likeness (QED) is 0.713. The number of carboxylic acids is 1. The van der Waals surface area contributed by atoms with E-state index >= 15 is 0 Å². The molecule has 0 amide bonds. The van der Waals surface area contributed by atoms with Gasteiger partial charge in [-0.3, -0.25) is 4.79 Å². The number of benzene rings is 1. The lowest BCUT2D eigenvalue weighted by molar-refractivity contribution is -0.137. The van der Waals surface area contributed by atoms with Gasteiger partial charge < -0.3 is 10.4 Å². The Morgan fingerprint density at radius 3 is 2.76 bits per heavy atom. The van der Waals surface area contributed by atoms with Crippen LogP contribution in [0.2, 0.25) is 0 Å². The Morgan fingerprint density at radius 2 is 2.12 bits per heavy atom. The summed E-state index contributed by atoms with van der Waals surface area (Å²) in [6, 6.07) is 8.34.